The van der Waals surface area contributed by atoms with E-state index >= 15 is 0 Å². The summed E-state index contributed by atoms with van der Waals surface area (Å²) in [6.45, 7) is 6.63. The highest BCUT2D eigenvalue weighted by Crippen LogP contribution is 2.17. The van der Waals surface area contributed by atoms with E-state index in [1.807, 2.05) is 0 Å². The van der Waals surface area contributed by atoms with Gasteiger partial charge in [-0.25, -0.2) is 0 Å². The molecule has 0 aromatic rings. The molecular formula is C61H112O6. The molecule has 1 unspecified atom stereocenters. The first-order chi connectivity index (χ1) is 33.0. The van der Waals surface area contributed by atoms with Gasteiger partial charge in [-0.1, -0.05) is 256 Å². The lowest BCUT2D eigenvalue weighted by Gasteiger charge is -2.18. The van der Waals surface area contributed by atoms with E-state index < -0.39 is 6.10 Å². The number of ether oxygens (including phenoxy) is 3. The largest absolute Gasteiger partial charge is 0.462 e. The van der Waals surface area contributed by atoms with E-state index in [1.165, 1.54) is 205 Å². The molecule has 6 heteroatoms. The summed E-state index contributed by atoms with van der Waals surface area (Å²) in [4.78, 5) is 38.2. The van der Waals surface area contributed by atoms with Crippen molar-refractivity contribution in [1.29, 1.82) is 0 Å². The second kappa shape index (κ2) is 56.2. The summed E-state index contributed by atoms with van der Waals surface area (Å²) in [5.41, 5.74) is 0. The van der Waals surface area contributed by atoms with Gasteiger partial charge in [-0.2, -0.15) is 0 Å². The van der Waals surface area contributed by atoms with Gasteiger partial charge in [-0.05, 0) is 77.0 Å². The van der Waals surface area contributed by atoms with Gasteiger partial charge in [0.1, 0.15) is 13.2 Å². The second-order valence-corrected chi connectivity index (χ2v) is 19.9. The van der Waals surface area contributed by atoms with Crippen LogP contribution in [0.25, 0.3) is 0 Å². The van der Waals surface area contributed by atoms with Crippen molar-refractivity contribution < 1.29 is 28.6 Å². The van der Waals surface area contributed by atoms with Gasteiger partial charge in [0.05, 0.1) is 0 Å². The lowest BCUT2D eigenvalue weighted by molar-refractivity contribution is -0.167. The first-order valence-electron chi connectivity index (χ1n) is 29.5. The van der Waals surface area contributed by atoms with Crippen molar-refractivity contribution in [1.82, 2.24) is 0 Å². The number of esters is 3. The fourth-order valence-electron chi connectivity index (χ4n) is 8.65. The summed E-state index contributed by atoms with van der Waals surface area (Å²) < 4.78 is 16.9. The Morgan fingerprint density at radius 2 is 0.537 bits per heavy atom. The van der Waals surface area contributed by atoms with Crippen LogP contribution >= 0.6 is 0 Å². The quantitative estimate of drug-likeness (QED) is 0.0262. The molecule has 67 heavy (non-hydrogen) atoms. The van der Waals surface area contributed by atoms with Crippen LogP contribution < -0.4 is 0 Å². The van der Waals surface area contributed by atoms with E-state index in [9.17, 15) is 14.4 Å². The van der Waals surface area contributed by atoms with Crippen LogP contribution in [0.3, 0.4) is 0 Å². The van der Waals surface area contributed by atoms with E-state index in [2.05, 4.69) is 57.2 Å². The van der Waals surface area contributed by atoms with Crippen molar-refractivity contribution in [3.8, 4) is 0 Å². The summed E-state index contributed by atoms with van der Waals surface area (Å²) in [6, 6.07) is 0. The maximum atomic E-state index is 12.9. The Bertz CT molecular complexity index is 1130. The maximum absolute atomic E-state index is 12.9. The van der Waals surface area contributed by atoms with Crippen molar-refractivity contribution in [3.63, 3.8) is 0 Å². The third-order valence-electron chi connectivity index (χ3n) is 13.1. The van der Waals surface area contributed by atoms with Crippen LogP contribution in [0.2, 0.25) is 0 Å². The molecule has 0 spiro atoms. The molecule has 0 aromatic heterocycles. The summed E-state index contributed by atoms with van der Waals surface area (Å²) >= 11 is 0. The van der Waals surface area contributed by atoms with Gasteiger partial charge < -0.3 is 14.2 Å². The zero-order valence-corrected chi connectivity index (χ0v) is 44.9. The van der Waals surface area contributed by atoms with E-state index in [0.717, 1.165) is 70.6 Å². The fourth-order valence-corrected chi connectivity index (χ4v) is 8.65. The molecule has 0 aliphatic carbocycles. The standard InChI is InChI=1S/C61H112O6/c1-4-7-10-13-16-19-22-25-27-29-30-32-33-36-39-42-45-48-51-54-60(63)66-57-58(56-65-59(62)53-50-47-44-41-38-35-24-21-18-15-12-9-6-3)67-61(64)55-52-49-46-43-40-37-34-31-28-26-23-20-17-14-11-8-5-2/h16,19,21,24-25,27,58H,4-15,17-18,20,22-23,26,28-57H2,1-3H3/b19-16-,24-21-,27-25-. The number of carbonyl (C=O) groups is 3. The van der Waals surface area contributed by atoms with Crippen LogP contribution in [0.1, 0.15) is 316 Å². The van der Waals surface area contributed by atoms with Crippen LogP contribution in [0.5, 0.6) is 0 Å². The smallest absolute Gasteiger partial charge is 0.306 e. The van der Waals surface area contributed by atoms with Crippen molar-refractivity contribution in [2.75, 3.05) is 13.2 Å². The normalized spacial score (nSPS) is 12.2. The highest BCUT2D eigenvalue weighted by Gasteiger charge is 2.19. The van der Waals surface area contributed by atoms with Crippen molar-refractivity contribution >= 4 is 17.9 Å². The van der Waals surface area contributed by atoms with E-state index in [4.69, 9.17) is 14.2 Å². The number of hydrogen-bond acceptors (Lipinski definition) is 6. The Balaban J connectivity index is 4.33. The fraction of sp³-hybridized carbons (Fsp3) is 0.852. The lowest BCUT2D eigenvalue weighted by atomic mass is 10.0. The molecule has 0 bridgehead atoms. The number of hydrogen-bond donors (Lipinski definition) is 0. The number of allylic oxidation sites excluding steroid dienone is 6. The Morgan fingerprint density at radius 3 is 0.881 bits per heavy atom. The van der Waals surface area contributed by atoms with Gasteiger partial charge in [0.2, 0.25) is 0 Å². The third-order valence-corrected chi connectivity index (χ3v) is 13.1. The zero-order chi connectivity index (χ0) is 48.6. The SMILES string of the molecule is CCCCC/C=C\C/C=C\CCCCCCCCCCCC(=O)OCC(COC(=O)CCCCCCC/C=C\CCCCCC)OC(=O)CCCCCCCCCCCCCCCCCCC. The second-order valence-electron chi connectivity index (χ2n) is 19.9. The van der Waals surface area contributed by atoms with Crippen LogP contribution in [-0.4, -0.2) is 37.2 Å². The van der Waals surface area contributed by atoms with Crippen molar-refractivity contribution in [3.05, 3.63) is 36.5 Å². The van der Waals surface area contributed by atoms with Gasteiger partial charge in [-0.3, -0.25) is 14.4 Å². The molecule has 0 radical (unpaired) electrons. The van der Waals surface area contributed by atoms with Crippen molar-refractivity contribution in [2.45, 2.75) is 322 Å². The zero-order valence-electron chi connectivity index (χ0n) is 44.9. The highest BCUT2D eigenvalue weighted by atomic mass is 16.6. The number of carbonyl (C=O) groups excluding carboxylic acids is 3. The molecule has 0 saturated heterocycles. The molecule has 0 fully saturated rings. The number of rotatable bonds is 54. The first kappa shape index (κ1) is 64.6. The average molecular weight is 942 g/mol. The minimum Gasteiger partial charge on any atom is -0.462 e. The van der Waals surface area contributed by atoms with Gasteiger partial charge in [0.25, 0.3) is 0 Å². The summed E-state index contributed by atoms with van der Waals surface area (Å²) in [5.74, 6) is -0.867. The molecule has 1 atom stereocenters. The third kappa shape index (κ3) is 54.4. The van der Waals surface area contributed by atoms with Crippen LogP contribution in [-0.2, 0) is 28.6 Å². The summed E-state index contributed by atoms with van der Waals surface area (Å²) in [6.07, 6.45) is 67.0. The Labute approximate surface area is 416 Å². The molecule has 0 aromatic carbocycles. The van der Waals surface area contributed by atoms with E-state index in [-0.39, 0.29) is 31.1 Å². The van der Waals surface area contributed by atoms with Crippen LogP contribution in [0, 0.1) is 0 Å². The molecule has 0 rings (SSSR count). The maximum Gasteiger partial charge on any atom is 0.306 e. The Kier molecular flexibility index (Phi) is 54.2. The predicted octanol–water partition coefficient (Wildman–Crippen LogP) is 19.7. The van der Waals surface area contributed by atoms with E-state index in [1.54, 1.807) is 0 Å². The highest BCUT2D eigenvalue weighted by molar-refractivity contribution is 5.71. The minimum atomic E-state index is -0.774. The molecule has 0 saturated carbocycles. The summed E-state index contributed by atoms with van der Waals surface area (Å²) in [5, 5.41) is 0. The Morgan fingerprint density at radius 1 is 0.299 bits per heavy atom. The van der Waals surface area contributed by atoms with Gasteiger partial charge in [0, 0.05) is 19.3 Å². The topological polar surface area (TPSA) is 78.9 Å². The molecule has 0 N–H and O–H groups in total. The molecule has 0 aliphatic heterocycles. The van der Waals surface area contributed by atoms with Gasteiger partial charge in [-0.15, -0.1) is 0 Å². The van der Waals surface area contributed by atoms with Crippen LogP contribution in [0.4, 0.5) is 0 Å². The van der Waals surface area contributed by atoms with Gasteiger partial charge >= 0.3 is 17.9 Å². The van der Waals surface area contributed by atoms with Crippen molar-refractivity contribution in [2.24, 2.45) is 0 Å². The van der Waals surface area contributed by atoms with Crippen LogP contribution in [0.15, 0.2) is 36.5 Å². The Hall–Kier alpha value is -2.37. The molecule has 0 heterocycles. The molecule has 392 valence electrons. The summed E-state index contributed by atoms with van der Waals surface area (Å²) in [7, 11) is 0. The predicted molar refractivity (Wildman–Crippen MR) is 289 cm³/mol. The molecular weight excluding hydrogens is 829 g/mol. The molecule has 0 aliphatic rings. The first-order valence-corrected chi connectivity index (χ1v) is 29.5. The number of unbranched alkanes of at least 4 members (excludes halogenated alkanes) is 37. The molecule has 6 nitrogen and oxygen atoms in total. The lowest BCUT2D eigenvalue weighted by Crippen LogP contribution is -2.30. The van der Waals surface area contributed by atoms with E-state index in [0.29, 0.717) is 19.3 Å². The van der Waals surface area contributed by atoms with Gasteiger partial charge in [0.15, 0.2) is 6.10 Å². The average Bonchev–Trinajstić information content (AvgIpc) is 3.33. The monoisotopic (exact) mass is 941 g/mol. The minimum absolute atomic E-state index is 0.0734. The molecule has 0 amide bonds.